The van der Waals surface area contributed by atoms with E-state index in [-0.39, 0.29) is 10.8 Å². The molecule has 0 aliphatic rings. The predicted octanol–water partition coefficient (Wildman–Crippen LogP) is 3.83. The van der Waals surface area contributed by atoms with Gasteiger partial charge >= 0.3 is 0 Å². The molecule has 0 aliphatic heterocycles. The van der Waals surface area contributed by atoms with Gasteiger partial charge in [0.25, 0.3) is 0 Å². The van der Waals surface area contributed by atoms with E-state index in [1.807, 2.05) is 6.92 Å². The number of hydrogen-bond acceptors (Lipinski definition) is 3. The summed E-state index contributed by atoms with van der Waals surface area (Å²) in [6, 6.07) is 6.35. The van der Waals surface area contributed by atoms with Crippen LogP contribution in [-0.4, -0.2) is 16.6 Å². The molecular formula is C18H17FN2O2. The standard InChI is InChI=1S/C18H17FN2O2/c1-3-9-23-14-7-6-13(19)16-17(14)21-11(2)15(18(16)22)12-5-4-8-20-10-12/h4-8,10H,3,9H2,1-2H3,(H,21,22). The maximum atomic E-state index is 14.3. The average molecular weight is 312 g/mol. The first kappa shape index (κ1) is 15.2. The largest absolute Gasteiger partial charge is 0.491 e. The zero-order chi connectivity index (χ0) is 16.4. The third kappa shape index (κ3) is 2.70. The Balaban J connectivity index is 2.31. The van der Waals surface area contributed by atoms with Crippen LogP contribution in [0.1, 0.15) is 19.0 Å². The number of fused-ring (bicyclic) bond motifs is 1. The van der Waals surface area contributed by atoms with E-state index in [0.717, 1.165) is 6.42 Å². The van der Waals surface area contributed by atoms with Crippen LogP contribution < -0.4 is 10.2 Å². The fourth-order valence-corrected chi connectivity index (χ4v) is 2.64. The van der Waals surface area contributed by atoms with Crippen molar-refractivity contribution >= 4 is 10.9 Å². The molecule has 23 heavy (non-hydrogen) atoms. The monoisotopic (exact) mass is 312 g/mol. The zero-order valence-electron chi connectivity index (χ0n) is 13.0. The topological polar surface area (TPSA) is 55.0 Å². The number of benzene rings is 1. The Bertz CT molecular complexity index is 904. The lowest BCUT2D eigenvalue weighted by molar-refractivity contribution is 0.320. The maximum absolute atomic E-state index is 14.3. The van der Waals surface area contributed by atoms with Gasteiger partial charge in [0.1, 0.15) is 11.6 Å². The van der Waals surface area contributed by atoms with E-state index in [2.05, 4.69) is 9.97 Å². The molecule has 1 N–H and O–H groups in total. The number of nitrogens with zero attached hydrogens (tertiary/aromatic N) is 1. The molecule has 0 saturated heterocycles. The Morgan fingerprint density at radius 3 is 2.83 bits per heavy atom. The first-order valence-electron chi connectivity index (χ1n) is 7.51. The van der Waals surface area contributed by atoms with Gasteiger partial charge in [-0.25, -0.2) is 4.39 Å². The molecule has 0 radical (unpaired) electrons. The number of halogens is 1. The van der Waals surface area contributed by atoms with E-state index in [1.54, 1.807) is 37.5 Å². The zero-order valence-corrected chi connectivity index (χ0v) is 13.0. The van der Waals surface area contributed by atoms with Crippen molar-refractivity contribution in [3.8, 4) is 16.9 Å². The molecule has 0 amide bonds. The van der Waals surface area contributed by atoms with Crippen molar-refractivity contribution < 1.29 is 9.13 Å². The smallest absolute Gasteiger partial charge is 0.200 e. The first-order valence-corrected chi connectivity index (χ1v) is 7.51. The van der Waals surface area contributed by atoms with Crippen LogP contribution in [0, 0.1) is 12.7 Å². The number of rotatable bonds is 4. The quantitative estimate of drug-likeness (QED) is 0.796. The normalized spacial score (nSPS) is 10.9. The van der Waals surface area contributed by atoms with E-state index >= 15 is 0 Å². The third-order valence-electron chi connectivity index (χ3n) is 3.67. The van der Waals surface area contributed by atoms with Crippen molar-refractivity contribution in [1.82, 2.24) is 9.97 Å². The Morgan fingerprint density at radius 1 is 1.30 bits per heavy atom. The summed E-state index contributed by atoms with van der Waals surface area (Å²) >= 11 is 0. The minimum Gasteiger partial charge on any atom is -0.491 e. The molecule has 3 aromatic rings. The third-order valence-corrected chi connectivity index (χ3v) is 3.67. The first-order chi connectivity index (χ1) is 11.1. The number of H-pyrrole nitrogens is 1. The van der Waals surface area contributed by atoms with Gasteiger partial charge in [0.15, 0.2) is 0 Å². The Kier molecular flexibility index (Phi) is 4.10. The van der Waals surface area contributed by atoms with Crippen LogP contribution in [0.5, 0.6) is 5.75 Å². The second-order valence-electron chi connectivity index (χ2n) is 5.34. The fraction of sp³-hybridized carbons (Fsp3) is 0.222. The molecular weight excluding hydrogens is 295 g/mol. The summed E-state index contributed by atoms with van der Waals surface area (Å²) in [6.07, 6.45) is 4.06. The van der Waals surface area contributed by atoms with Crippen LogP contribution in [0.3, 0.4) is 0 Å². The Morgan fingerprint density at radius 2 is 2.13 bits per heavy atom. The summed E-state index contributed by atoms with van der Waals surface area (Å²) in [5.74, 6) is -0.0728. The van der Waals surface area contributed by atoms with Crippen molar-refractivity contribution in [2.45, 2.75) is 20.3 Å². The highest BCUT2D eigenvalue weighted by Crippen LogP contribution is 2.28. The highest BCUT2D eigenvalue weighted by atomic mass is 19.1. The van der Waals surface area contributed by atoms with Gasteiger partial charge < -0.3 is 9.72 Å². The molecule has 0 bridgehead atoms. The Hall–Kier alpha value is -2.69. The molecule has 118 valence electrons. The lowest BCUT2D eigenvalue weighted by atomic mass is 10.0. The van der Waals surface area contributed by atoms with Gasteiger partial charge in [-0.1, -0.05) is 13.0 Å². The number of pyridine rings is 2. The SMILES string of the molecule is CCCOc1ccc(F)c2c(=O)c(-c3cccnc3)c(C)[nH]c12. The minimum atomic E-state index is -0.560. The van der Waals surface area contributed by atoms with Gasteiger partial charge in [-0.05, 0) is 31.5 Å². The highest BCUT2D eigenvalue weighted by Gasteiger charge is 2.17. The van der Waals surface area contributed by atoms with Crippen LogP contribution in [0.25, 0.3) is 22.0 Å². The number of aromatic amines is 1. The van der Waals surface area contributed by atoms with Crippen molar-refractivity contribution in [3.05, 3.63) is 58.4 Å². The number of aromatic nitrogens is 2. The number of nitrogens with one attached hydrogen (secondary N) is 1. The van der Waals surface area contributed by atoms with Crippen LogP contribution in [0.2, 0.25) is 0 Å². The summed E-state index contributed by atoms with van der Waals surface area (Å²) in [6.45, 7) is 4.28. The molecule has 0 atom stereocenters. The van der Waals surface area contributed by atoms with Crippen molar-refractivity contribution in [1.29, 1.82) is 0 Å². The van der Waals surface area contributed by atoms with Crippen LogP contribution in [0.4, 0.5) is 4.39 Å². The maximum Gasteiger partial charge on any atom is 0.200 e. The van der Waals surface area contributed by atoms with Gasteiger partial charge in [-0.2, -0.15) is 0 Å². The fourth-order valence-electron chi connectivity index (χ4n) is 2.64. The average Bonchev–Trinajstić information content (AvgIpc) is 2.55. The highest BCUT2D eigenvalue weighted by molar-refractivity contribution is 5.89. The molecule has 2 heterocycles. The molecule has 0 fully saturated rings. The van der Waals surface area contributed by atoms with Crippen molar-refractivity contribution in [2.24, 2.45) is 0 Å². The molecule has 2 aromatic heterocycles. The van der Waals surface area contributed by atoms with Gasteiger partial charge in [0.2, 0.25) is 5.43 Å². The molecule has 0 unspecified atom stereocenters. The predicted molar refractivity (Wildman–Crippen MR) is 88.3 cm³/mol. The number of hydrogen-bond donors (Lipinski definition) is 1. The summed E-state index contributed by atoms with van der Waals surface area (Å²) in [5, 5.41) is 0.0167. The van der Waals surface area contributed by atoms with E-state index in [1.165, 1.54) is 6.07 Å². The van der Waals surface area contributed by atoms with Crippen LogP contribution >= 0.6 is 0 Å². The molecule has 3 rings (SSSR count). The number of ether oxygens (including phenoxy) is 1. The van der Waals surface area contributed by atoms with E-state index < -0.39 is 5.82 Å². The summed E-state index contributed by atoms with van der Waals surface area (Å²) in [7, 11) is 0. The molecule has 4 nitrogen and oxygen atoms in total. The molecule has 0 spiro atoms. The molecule has 0 aliphatic carbocycles. The lowest BCUT2D eigenvalue weighted by Crippen LogP contribution is -2.12. The van der Waals surface area contributed by atoms with E-state index in [4.69, 9.17) is 4.74 Å². The Labute approximate surface area is 133 Å². The summed E-state index contributed by atoms with van der Waals surface area (Å²) < 4.78 is 19.9. The van der Waals surface area contributed by atoms with Crippen LogP contribution in [-0.2, 0) is 0 Å². The van der Waals surface area contributed by atoms with Crippen LogP contribution in [0.15, 0.2) is 41.5 Å². The van der Waals surface area contributed by atoms with Gasteiger partial charge in [-0.15, -0.1) is 0 Å². The number of aryl methyl sites for hydroxylation is 1. The summed E-state index contributed by atoms with van der Waals surface area (Å²) in [4.78, 5) is 20.0. The summed E-state index contributed by atoms with van der Waals surface area (Å²) in [5.41, 5.74) is 1.78. The molecule has 1 aromatic carbocycles. The minimum absolute atomic E-state index is 0.0167. The van der Waals surface area contributed by atoms with Gasteiger partial charge in [0.05, 0.1) is 23.1 Å². The second kappa shape index (κ2) is 6.20. The van der Waals surface area contributed by atoms with Crippen molar-refractivity contribution in [3.63, 3.8) is 0 Å². The second-order valence-corrected chi connectivity index (χ2v) is 5.34. The van der Waals surface area contributed by atoms with E-state index in [0.29, 0.717) is 34.7 Å². The van der Waals surface area contributed by atoms with Gasteiger partial charge in [0, 0.05) is 23.7 Å². The lowest BCUT2D eigenvalue weighted by Gasteiger charge is -2.12. The van der Waals surface area contributed by atoms with Crippen molar-refractivity contribution in [2.75, 3.05) is 6.61 Å². The van der Waals surface area contributed by atoms with Gasteiger partial charge in [-0.3, -0.25) is 9.78 Å². The molecule has 0 saturated carbocycles. The molecule has 5 heteroatoms. The van der Waals surface area contributed by atoms with E-state index in [9.17, 15) is 9.18 Å².